The number of aliphatic carboxylic acids is 1. The zero-order chi connectivity index (χ0) is 13.1. The molecular formula is C15H21NO3. The molecule has 4 nitrogen and oxygen atoms in total. The first-order valence-electron chi connectivity index (χ1n) is 7.65. The predicted octanol–water partition coefficient (Wildman–Crippen LogP) is 1.65. The largest absolute Gasteiger partial charge is 0.481 e. The maximum atomic E-state index is 12.2. The summed E-state index contributed by atoms with van der Waals surface area (Å²) < 4.78 is 0. The summed E-state index contributed by atoms with van der Waals surface area (Å²) in [6, 6.07) is 0.255. The van der Waals surface area contributed by atoms with Crippen molar-refractivity contribution < 1.29 is 14.7 Å². The third-order valence-corrected chi connectivity index (χ3v) is 6.12. The molecule has 7 atom stereocenters. The second-order valence-corrected chi connectivity index (χ2v) is 7.21. The average Bonchev–Trinajstić information content (AvgIpc) is 2.80. The Morgan fingerprint density at radius 1 is 0.842 bits per heavy atom. The van der Waals surface area contributed by atoms with E-state index in [1.54, 1.807) is 0 Å². The summed E-state index contributed by atoms with van der Waals surface area (Å²) in [4.78, 5) is 23.3. The van der Waals surface area contributed by atoms with Crippen molar-refractivity contribution in [1.82, 2.24) is 5.32 Å². The molecule has 19 heavy (non-hydrogen) atoms. The van der Waals surface area contributed by atoms with Gasteiger partial charge in [-0.3, -0.25) is 9.59 Å². The van der Waals surface area contributed by atoms with Gasteiger partial charge in [0.05, 0.1) is 5.92 Å². The topological polar surface area (TPSA) is 66.4 Å². The molecule has 0 spiro atoms. The van der Waals surface area contributed by atoms with Crippen LogP contribution in [-0.4, -0.2) is 23.0 Å². The first kappa shape index (κ1) is 11.7. The first-order chi connectivity index (χ1) is 9.11. The Bertz CT molecular complexity index is 425. The Labute approximate surface area is 112 Å². The highest BCUT2D eigenvalue weighted by Crippen LogP contribution is 2.54. The minimum absolute atomic E-state index is 0.155. The van der Waals surface area contributed by atoms with Crippen LogP contribution in [-0.2, 0) is 9.59 Å². The molecule has 4 saturated carbocycles. The van der Waals surface area contributed by atoms with Crippen LogP contribution in [0.25, 0.3) is 0 Å². The number of nitrogens with one attached hydrogen (secondary N) is 1. The van der Waals surface area contributed by atoms with Gasteiger partial charge >= 0.3 is 5.97 Å². The van der Waals surface area contributed by atoms with E-state index in [2.05, 4.69) is 5.32 Å². The van der Waals surface area contributed by atoms with Gasteiger partial charge in [0, 0.05) is 12.0 Å². The fourth-order valence-electron chi connectivity index (χ4n) is 4.98. The molecule has 4 aliphatic carbocycles. The lowest BCUT2D eigenvalue weighted by Gasteiger charge is -2.27. The summed E-state index contributed by atoms with van der Waals surface area (Å²) in [7, 11) is 0. The number of carbonyl (C=O) groups is 2. The standard InChI is InChI=1S/C15H21NO3/c17-14(11-2-7-1-8(7)3-11)16-13-6-9-4-10(13)5-12(9)15(18)19/h7-13H,1-6H2,(H,16,17)(H,18,19)/t7-,8+,9-,10-,11?,12-,13-/m1/s1. The lowest BCUT2D eigenvalue weighted by molar-refractivity contribution is -0.143. The van der Waals surface area contributed by atoms with Crippen LogP contribution in [0.5, 0.6) is 0 Å². The zero-order valence-electron chi connectivity index (χ0n) is 11.0. The van der Waals surface area contributed by atoms with Crippen LogP contribution >= 0.6 is 0 Å². The molecule has 104 valence electrons. The third-order valence-electron chi connectivity index (χ3n) is 6.12. The van der Waals surface area contributed by atoms with Crippen molar-refractivity contribution in [1.29, 1.82) is 0 Å². The number of fused-ring (bicyclic) bond motifs is 3. The van der Waals surface area contributed by atoms with Crippen LogP contribution in [0.2, 0.25) is 0 Å². The summed E-state index contributed by atoms with van der Waals surface area (Å²) in [6.45, 7) is 0. The molecule has 4 fully saturated rings. The Balaban J connectivity index is 1.33. The number of carbonyl (C=O) groups excluding carboxylic acids is 1. The fourth-order valence-corrected chi connectivity index (χ4v) is 4.98. The van der Waals surface area contributed by atoms with Gasteiger partial charge in [0.15, 0.2) is 0 Å². The number of carboxylic acids is 1. The lowest BCUT2D eigenvalue weighted by Crippen LogP contribution is -2.43. The lowest BCUT2D eigenvalue weighted by atomic mass is 9.85. The summed E-state index contributed by atoms with van der Waals surface area (Å²) in [5, 5.41) is 12.3. The third kappa shape index (κ3) is 1.87. The van der Waals surface area contributed by atoms with Crippen LogP contribution in [0.15, 0.2) is 0 Å². The molecule has 0 saturated heterocycles. The maximum absolute atomic E-state index is 12.2. The number of rotatable bonds is 3. The molecule has 0 heterocycles. The number of hydrogen-bond donors (Lipinski definition) is 2. The first-order valence-corrected chi connectivity index (χ1v) is 7.65. The highest BCUT2D eigenvalue weighted by atomic mass is 16.4. The van der Waals surface area contributed by atoms with E-state index >= 15 is 0 Å². The van der Waals surface area contributed by atoms with E-state index in [-0.39, 0.29) is 23.8 Å². The number of carboxylic acid groups (broad SMARTS) is 1. The normalized spacial score (nSPS) is 50.0. The van der Waals surface area contributed by atoms with Gasteiger partial charge in [-0.15, -0.1) is 0 Å². The van der Waals surface area contributed by atoms with Gasteiger partial charge < -0.3 is 10.4 Å². The van der Waals surface area contributed by atoms with Gasteiger partial charge in [0.2, 0.25) is 5.91 Å². The molecule has 0 aliphatic heterocycles. The zero-order valence-corrected chi connectivity index (χ0v) is 11.0. The fraction of sp³-hybridized carbons (Fsp3) is 0.867. The molecule has 0 radical (unpaired) electrons. The van der Waals surface area contributed by atoms with Crippen LogP contribution < -0.4 is 5.32 Å². The molecular weight excluding hydrogens is 242 g/mol. The summed E-state index contributed by atoms with van der Waals surface area (Å²) in [6.07, 6.45) is 6.17. The molecule has 4 aliphatic rings. The van der Waals surface area contributed by atoms with E-state index in [1.165, 1.54) is 6.42 Å². The number of hydrogen-bond acceptors (Lipinski definition) is 2. The van der Waals surface area contributed by atoms with Crippen molar-refractivity contribution in [2.45, 2.75) is 44.6 Å². The van der Waals surface area contributed by atoms with E-state index in [9.17, 15) is 9.59 Å². The number of amides is 1. The predicted molar refractivity (Wildman–Crippen MR) is 68.2 cm³/mol. The second-order valence-electron chi connectivity index (χ2n) is 7.21. The Hall–Kier alpha value is -1.06. The molecule has 4 heteroatoms. The van der Waals surface area contributed by atoms with Crippen molar-refractivity contribution >= 4 is 11.9 Å². The van der Waals surface area contributed by atoms with Crippen molar-refractivity contribution in [3.8, 4) is 0 Å². The van der Waals surface area contributed by atoms with Gasteiger partial charge in [-0.2, -0.15) is 0 Å². The quantitative estimate of drug-likeness (QED) is 0.813. The van der Waals surface area contributed by atoms with Crippen molar-refractivity contribution in [3.05, 3.63) is 0 Å². The minimum atomic E-state index is -0.645. The summed E-state index contributed by atoms with van der Waals surface area (Å²) in [5.41, 5.74) is 0. The minimum Gasteiger partial charge on any atom is -0.481 e. The average molecular weight is 263 g/mol. The second kappa shape index (κ2) is 3.97. The van der Waals surface area contributed by atoms with Crippen LogP contribution in [0.3, 0.4) is 0 Å². The van der Waals surface area contributed by atoms with Gasteiger partial charge in [0.25, 0.3) is 0 Å². The van der Waals surface area contributed by atoms with Crippen LogP contribution in [0.1, 0.15) is 38.5 Å². The van der Waals surface area contributed by atoms with E-state index in [4.69, 9.17) is 5.11 Å². The molecule has 2 bridgehead atoms. The summed E-state index contributed by atoms with van der Waals surface area (Å²) >= 11 is 0. The van der Waals surface area contributed by atoms with Gasteiger partial charge in [-0.1, -0.05) is 0 Å². The van der Waals surface area contributed by atoms with Crippen LogP contribution in [0, 0.1) is 35.5 Å². The van der Waals surface area contributed by atoms with E-state index < -0.39 is 5.97 Å². The van der Waals surface area contributed by atoms with E-state index in [0.717, 1.165) is 43.9 Å². The molecule has 0 aromatic heterocycles. The molecule has 0 aromatic rings. The molecule has 1 unspecified atom stereocenters. The molecule has 2 N–H and O–H groups in total. The van der Waals surface area contributed by atoms with Gasteiger partial charge in [-0.25, -0.2) is 0 Å². The summed E-state index contributed by atoms with van der Waals surface area (Å²) in [5.74, 6) is 2.08. The van der Waals surface area contributed by atoms with E-state index in [0.29, 0.717) is 11.8 Å². The Morgan fingerprint density at radius 2 is 1.53 bits per heavy atom. The van der Waals surface area contributed by atoms with Crippen molar-refractivity contribution in [3.63, 3.8) is 0 Å². The SMILES string of the molecule is O=C(N[C@@H]1C[C@H]2C[C@@H]1C[C@H]2C(=O)O)C1C[C@@H]2C[C@@H]2C1. The Morgan fingerprint density at radius 3 is 2.11 bits per heavy atom. The monoisotopic (exact) mass is 263 g/mol. The molecule has 0 aromatic carbocycles. The molecule has 1 amide bonds. The van der Waals surface area contributed by atoms with Crippen LogP contribution in [0.4, 0.5) is 0 Å². The van der Waals surface area contributed by atoms with Gasteiger partial charge in [-0.05, 0) is 62.2 Å². The maximum Gasteiger partial charge on any atom is 0.306 e. The van der Waals surface area contributed by atoms with Crippen molar-refractivity contribution in [2.24, 2.45) is 35.5 Å². The highest BCUT2D eigenvalue weighted by Gasteiger charge is 2.51. The molecule has 4 rings (SSSR count). The Kier molecular flexibility index (Phi) is 2.45. The van der Waals surface area contributed by atoms with Crippen molar-refractivity contribution in [2.75, 3.05) is 0 Å². The van der Waals surface area contributed by atoms with E-state index in [1.807, 2.05) is 0 Å². The van der Waals surface area contributed by atoms with Gasteiger partial charge in [0.1, 0.15) is 0 Å². The highest BCUT2D eigenvalue weighted by molar-refractivity contribution is 5.79. The smallest absolute Gasteiger partial charge is 0.306 e.